The number of hydrogen-bond donors (Lipinski definition) is 0. The summed E-state index contributed by atoms with van der Waals surface area (Å²) in [6, 6.07) is 3.82. The lowest BCUT2D eigenvalue weighted by Gasteiger charge is -2.41. The van der Waals surface area contributed by atoms with Gasteiger partial charge in [0.25, 0.3) is 0 Å². The van der Waals surface area contributed by atoms with Crippen LogP contribution in [-0.2, 0) is 4.74 Å². The largest absolute Gasteiger partial charge is 0.444 e. The Morgan fingerprint density at radius 2 is 1.91 bits per heavy atom. The molecule has 0 bridgehead atoms. The molecule has 7 nitrogen and oxygen atoms in total. The molecule has 0 radical (unpaired) electrons. The van der Waals surface area contributed by atoms with Gasteiger partial charge in [-0.2, -0.15) is 0 Å². The molecule has 0 saturated carbocycles. The maximum atomic E-state index is 12.5. The maximum absolute atomic E-state index is 12.5. The number of carbonyl (C=O) groups is 2. The number of aromatic nitrogens is 1. The van der Waals surface area contributed by atoms with Gasteiger partial charge in [-0.25, -0.2) is 9.79 Å². The van der Waals surface area contributed by atoms with Crippen molar-refractivity contribution in [2.24, 2.45) is 4.99 Å². The van der Waals surface area contributed by atoms with Crippen LogP contribution in [0, 0.1) is 0 Å². The predicted molar refractivity (Wildman–Crippen MR) is 138 cm³/mol. The van der Waals surface area contributed by atoms with Crippen LogP contribution in [0.4, 0.5) is 10.5 Å². The molecule has 0 aliphatic carbocycles. The first-order chi connectivity index (χ1) is 15.9. The lowest BCUT2D eigenvalue weighted by molar-refractivity contribution is 0.0159. The zero-order chi connectivity index (χ0) is 25.6. The second-order valence-electron chi connectivity index (χ2n) is 9.72. The Bertz CT molecular complexity index is 1060. The molecule has 7 heteroatoms. The number of ether oxygens (including phenoxy) is 1. The van der Waals surface area contributed by atoms with Gasteiger partial charge in [0.05, 0.1) is 11.4 Å². The number of rotatable bonds is 5. The number of nitrogens with zero attached hydrogens (tertiary/aromatic N) is 4. The highest BCUT2D eigenvalue weighted by Crippen LogP contribution is 2.21. The molecule has 1 saturated heterocycles. The number of hydrogen-bond acceptors (Lipinski definition) is 5. The molecule has 1 aliphatic heterocycles. The third-order valence-corrected chi connectivity index (χ3v) is 5.70. The van der Waals surface area contributed by atoms with Crippen LogP contribution in [-0.4, -0.2) is 52.7 Å². The number of piperazine rings is 1. The first-order valence-electron chi connectivity index (χ1n) is 11.9. The highest BCUT2D eigenvalue weighted by molar-refractivity contribution is 5.77. The van der Waals surface area contributed by atoms with Gasteiger partial charge in [-0.05, 0) is 71.2 Å². The highest BCUT2D eigenvalue weighted by atomic mass is 16.6. The van der Waals surface area contributed by atoms with Gasteiger partial charge in [0.15, 0.2) is 0 Å². The predicted octanol–water partition coefficient (Wildman–Crippen LogP) is 5.31. The van der Waals surface area contributed by atoms with Crippen molar-refractivity contribution in [3.63, 3.8) is 0 Å². The molecule has 186 valence electrons. The van der Waals surface area contributed by atoms with Gasteiger partial charge in [-0.15, -0.1) is 0 Å². The van der Waals surface area contributed by atoms with Crippen molar-refractivity contribution >= 4 is 17.7 Å². The van der Waals surface area contributed by atoms with E-state index in [4.69, 9.17) is 9.73 Å². The van der Waals surface area contributed by atoms with Crippen molar-refractivity contribution in [2.75, 3.05) is 24.5 Å². The first-order valence-corrected chi connectivity index (χ1v) is 11.9. The minimum atomic E-state index is -0.526. The summed E-state index contributed by atoms with van der Waals surface area (Å²) in [6.45, 7) is 21.2. The van der Waals surface area contributed by atoms with Gasteiger partial charge in [-0.1, -0.05) is 25.7 Å². The average Bonchev–Trinajstić information content (AvgIpc) is 2.75. The number of pyridine rings is 1. The van der Waals surface area contributed by atoms with Crippen molar-refractivity contribution in [1.29, 1.82) is 0 Å². The van der Waals surface area contributed by atoms with E-state index in [-0.39, 0.29) is 18.0 Å². The summed E-state index contributed by atoms with van der Waals surface area (Å²) >= 11 is 0. The van der Waals surface area contributed by atoms with E-state index >= 15 is 0 Å². The number of anilines is 1. The molecule has 1 aromatic rings. The molecule has 1 aliphatic rings. The van der Waals surface area contributed by atoms with E-state index < -0.39 is 5.60 Å². The van der Waals surface area contributed by atoms with Gasteiger partial charge in [0.1, 0.15) is 11.1 Å². The SMILES string of the molecule is C=C(/C=C/C)/C(N=c1ccc(N2CCN(C(=O)OC(C)(C)C)C(C)C2)cn1C(C)=O)=C(/C)CC. The van der Waals surface area contributed by atoms with E-state index in [1.54, 1.807) is 9.47 Å². The molecular weight excluding hydrogens is 428 g/mol. The van der Waals surface area contributed by atoms with E-state index in [2.05, 4.69) is 18.4 Å². The summed E-state index contributed by atoms with van der Waals surface area (Å²) in [4.78, 5) is 33.8. The normalized spacial score (nSPS) is 18.2. The van der Waals surface area contributed by atoms with Crippen LogP contribution in [0.1, 0.15) is 66.6 Å². The van der Waals surface area contributed by atoms with Crippen LogP contribution in [0.3, 0.4) is 0 Å². The van der Waals surface area contributed by atoms with Crippen molar-refractivity contribution in [2.45, 2.75) is 73.5 Å². The second kappa shape index (κ2) is 11.4. The highest BCUT2D eigenvalue weighted by Gasteiger charge is 2.31. The fraction of sp³-hybridized carbons (Fsp3) is 0.519. The number of amides is 1. The van der Waals surface area contributed by atoms with Gasteiger partial charge in [0, 0.05) is 38.8 Å². The Morgan fingerprint density at radius 1 is 1.24 bits per heavy atom. The second-order valence-corrected chi connectivity index (χ2v) is 9.72. The van der Waals surface area contributed by atoms with Crippen LogP contribution in [0.25, 0.3) is 0 Å². The molecule has 2 heterocycles. The topological polar surface area (TPSA) is 67.1 Å². The van der Waals surface area contributed by atoms with Crippen LogP contribution >= 0.6 is 0 Å². The molecule has 2 rings (SSSR count). The van der Waals surface area contributed by atoms with E-state index in [0.29, 0.717) is 25.1 Å². The standard InChI is InChI=1S/C27H40N4O3/c1-10-12-20(4)25(19(3)11-2)28-24-14-13-23(18-31(24)22(6)32)29-15-16-30(21(5)17-29)26(33)34-27(7,8)9/h10,12-14,18,21H,4,11,15-17H2,1-3,5-9H3/b12-10+,25-19+,28-24?. The van der Waals surface area contributed by atoms with Gasteiger partial charge in [-0.3, -0.25) is 9.36 Å². The summed E-state index contributed by atoms with van der Waals surface area (Å²) in [5.41, 5.74) is 3.66. The average molecular weight is 469 g/mol. The molecule has 1 fully saturated rings. The van der Waals surface area contributed by atoms with E-state index in [0.717, 1.165) is 29.0 Å². The lowest BCUT2D eigenvalue weighted by atomic mass is 10.1. The molecule has 1 amide bonds. The zero-order valence-electron chi connectivity index (χ0n) is 22.0. The monoisotopic (exact) mass is 468 g/mol. The molecule has 34 heavy (non-hydrogen) atoms. The first kappa shape index (κ1) is 27.2. The van der Waals surface area contributed by atoms with Crippen LogP contribution in [0.5, 0.6) is 0 Å². The van der Waals surface area contributed by atoms with Gasteiger partial charge in [0.2, 0.25) is 5.91 Å². The van der Waals surface area contributed by atoms with Crippen LogP contribution < -0.4 is 10.4 Å². The van der Waals surface area contributed by atoms with Crippen LogP contribution in [0.15, 0.2) is 58.9 Å². The van der Waals surface area contributed by atoms with E-state index in [1.807, 2.05) is 72.0 Å². The summed E-state index contributed by atoms with van der Waals surface area (Å²) in [5.74, 6) is -0.119. The van der Waals surface area contributed by atoms with Crippen molar-refractivity contribution in [3.05, 3.63) is 59.4 Å². The fourth-order valence-corrected chi connectivity index (χ4v) is 3.80. The van der Waals surface area contributed by atoms with Crippen molar-refractivity contribution in [3.8, 4) is 0 Å². The molecule has 1 atom stereocenters. The lowest BCUT2D eigenvalue weighted by Crippen LogP contribution is -2.55. The van der Waals surface area contributed by atoms with Crippen molar-refractivity contribution < 1.29 is 14.3 Å². The molecule has 0 aromatic carbocycles. The Kier molecular flexibility index (Phi) is 9.07. The third kappa shape index (κ3) is 6.95. The molecular formula is C27H40N4O3. The summed E-state index contributed by atoms with van der Waals surface area (Å²) in [6.07, 6.45) is 6.23. The Balaban J connectivity index is 2.37. The number of carbonyl (C=O) groups excluding carboxylic acids is 2. The third-order valence-electron chi connectivity index (χ3n) is 5.70. The minimum absolute atomic E-state index is 0.0235. The molecule has 1 unspecified atom stereocenters. The van der Waals surface area contributed by atoms with E-state index in [9.17, 15) is 9.59 Å². The zero-order valence-corrected chi connectivity index (χ0v) is 22.0. The molecule has 0 N–H and O–H groups in total. The smallest absolute Gasteiger partial charge is 0.410 e. The molecule has 1 aromatic heterocycles. The summed E-state index contributed by atoms with van der Waals surface area (Å²) in [5, 5.41) is 0. The quantitative estimate of drug-likeness (QED) is 0.549. The fourth-order valence-electron chi connectivity index (χ4n) is 3.80. The Hall–Kier alpha value is -3.09. The van der Waals surface area contributed by atoms with Gasteiger partial charge >= 0.3 is 6.09 Å². The van der Waals surface area contributed by atoms with E-state index in [1.165, 1.54) is 6.92 Å². The maximum Gasteiger partial charge on any atom is 0.410 e. The van der Waals surface area contributed by atoms with Crippen LogP contribution in [0.2, 0.25) is 0 Å². The Morgan fingerprint density at radius 3 is 2.44 bits per heavy atom. The summed E-state index contributed by atoms with van der Waals surface area (Å²) < 4.78 is 7.12. The molecule has 0 spiro atoms. The van der Waals surface area contributed by atoms with Gasteiger partial charge < -0.3 is 14.5 Å². The number of allylic oxidation sites excluding steroid dienone is 3. The summed E-state index contributed by atoms with van der Waals surface area (Å²) in [7, 11) is 0. The van der Waals surface area contributed by atoms with Crippen molar-refractivity contribution in [1.82, 2.24) is 9.47 Å². The Labute approximate surface area is 204 Å². The minimum Gasteiger partial charge on any atom is -0.444 e.